The summed E-state index contributed by atoms with van der Waals surface area (Å²) >= 11 is 0. The van der Waals surface area contributed by atoms with E-state index in [0.29, 0.717) is 5.69 Å². The van der Waals surface area contributed by atoms with Crippen molar-refractivity contribution in [2.45, 2.75) is 34.6 Å². The number of carbonyl (C=O) groups excluding carboxylic acids is 1. The molecule has 39 heavy (non-hydrogen) atoms. The van der Waals surface area contributed by atoms with Crippen LogP contribution in [-0.2, 0) is 0 Å². The van der Waals surface area contributed by atoms with Gasteiger partial charge in [-0.1, -0.05) is 90.5 Å². The van der Waals surface area contributed by atoms with Gasteiger partial charge < -0.3 is 5.32 Å². The second-order valence-electron chi connectivity index (χ2n) is 10.1. The quantitative estimate of drug-likeness (QED) is 0.235. The third-order valence-electron chi connectivity index (χ3n) is 6.83. The number of benzene rings is 4. The summed E-state index contributed by atoms with van der Waals surface area (Å²) in [5, 5.41) is 7.11. The van der Waals surface area contributed by atoms with Gasteiger partial charge in [-0.25, -0.2) is 4.98 Å². The van der Waals surface area contributed by atoms with Crippen LogP contribution in [0.2, 0.25) is 0 Å². The van der Waals surface area contributed by atoms with Gasteiger partial charge in [-0.05, 0) is 98.9 Å². The maximum atomic E-state index is 13.4. The summed E-state index contributed by atoms with van der Waals surface area (Å²) in [5.74, 6) is -0.204. The van der Waals surface area contributed by atoms with Gasteiger partial charge in [0.25, 0.3) is 5.91 Å². The van der Waals surface area contributed by atoms with E-state index in [4.69, 9.17) is 0 Å². The molecule has 0 saturated heterocycles. The minimum absolute atomic E-state index is 0.204. The predicted molar refractivity (Wildman–Crippen MR) is 166 cm³/mol. The van der Waals surface area contributed by atoms with Crippen molar-refractivity contribution in [3.05, 3.63) is 137 Å². The first-order valence-corrected chi connectivity index (χ1v) is 14.5. The number of aromatic nitrogens is 1. The number of rotatable bonds is 6. The molecule has 5 aromatic rings. The van der Waals surface area contributed by atoms with Crippen LogP contribution in [0.4, 0.5) is 5.69 Å². The fraction of sp³-hybridized carbons (Fsp3) is 0.143. The normalized spacial score (nSPS) is 11.0. The van der Waals surface area contributed by atoms with Gasteiger partial charge in [0.1, 0.15) is 5.69 Å². The molecule has 194 valence electrons. The van der Waals surface area contributed by atoms with E-state index < -0.39 is 7.92 Å². The van der Waals surface area contributed by atoms with E-state index in [2.05, 4.69) is 123 Å². The van der Waals surface area contributed by atoms with Gasteiger partial charge in [0, 0.05) is 16.9 Å². The summed E-state index contributed by atoms with van der Waals surface area (Å²) in [7, 11) is -0.849. The number of anilines is 1. The number of nitrogens with one attached hydrogen (secondary N) is 1. The van der Waals surface area contributed by atoms with E-state index in [0.717, 1.165) is 28.1 Å². The van der Waals surface area contributed by atoms with Crippen LogP contribution in [0.5, 0.6) is 0 Å². The number of pyridine rings is 1. The molecule has 5 rings (SSSR count). The molecule has 0 spiro atoms. The molecule has 0 atom stereocenters. The number of hydrogen-bond acceptors (Lipinski definition) is 2. The Labute approximate surface area is 232 Å². The van der Waals surface area contributed by atoms with Crippen LogP contribution in [0.15, 0.2) is 103 Å². The second kappa shape index (κ2) is 11.4. The van der Waals surface area contributed by atoms with Crippen LogP contribution in [-0.4, -0.2) is 10.9 Å². The minimum atomic E-state index is -0.849. The average molecular weight is 529 g/mol. The Kier molecular flexibility index (Phi) is 7.72. The Bertz CT molecular complexity index is 1610. The molecular weight excluding hydrogens is 495 g/mol. The molecular formula is C35H33N2OP. The van der Waals surface area contributed by atoms with Crippen molar-refractivity contribution in [1.82, 2.24) is 4.98 Å². The molecule has 1 amide bonds. The van der Waals surface area contributed by atoms with Crippen LogP contribution in [0.25, 0.3) is 11.1 Å². The SMILES string of the molecule is Cc1cc(C)c(-c2c(C)cc(C)cc2P(c2ccccc2)c2ccccc2)c(NC(=O)c2cccc(C)n2)c1. The molecule has 0 radical (unpaired) electrons. The fourth-order valence-electron chi connectivity index (χ4n) is 5.28. The van der Waals surface area contributed by atoms with E-state index in [1.54, 1.807) is 6.07 Å². The zero-order valence-corrected chi connectivity index (χ0v) is 24.0. The molecule has 0 aliphatic carbocycles. The Balaban J connectivity index is 1.75. The van der Waals surface area contributed by atoms with Gasteiger partial charge in [0.15, 0.2) is 0 Å². The van der Waals surface area contributed by atoms with E-state index >= 15 is 0 Å². The highest BCUT2D eigenvalue weighted by Gasteiger charge is 2.25. The molecule has 0 aliphatic heterocycles. The summed E-state index contributed by atoms with van der Waals surface area (Å²) in [6, 6.07) is 35.9. The largest absolute Gasteiger partial charge is 0.320 e. The van der Waals surface area contributed by atoms with Crippen molar-refractivity contribution in [1.29, 1.82) is 0 Å². The number of nitrogens with zero attached hydrogens (tertiary/aromatic N) is 1. The lowest BCUT2D eigenvalue weighted by Crippen LogP contribution is -2.24. The van der Waals surface area contributed by atoms with Gasteiger partial charge in [-0.15, -0.1) is 0 Å². The van der Waals surface area contributed by atoms with Gasteiger partial charge >= 0.3 is 0 Å². The molecule has 1 aromatic heterocycles. The minimum Gasteiger partial charge on any atom is -0.320 e. The van der Waals surface area contributed by atoms with Crippen LogP contribution < -0.4 is 21.2 Å². The first kappa shape index (κ1) is 26.5. The molecule has 4 aromatic carbocycles. The molecule has 0 fully saturated rings. The van der Waals surface area contributed by atoms with Crippen molar-refractivity contribution in [2.75, 3.05) is 5.32 Å². The molecule has 4 heteroatoms. The van der Waals surface area contributed by atoms with Crippen molar-refractivity contribution in [3.63, 3.8) is 0 Å². The van der Waals surface area contributed by atoms with Crippen molar-refractivity contribution in [3.8, 4) is 11.1 Å². The van der Waals surface area contributed by atoms with E-state index in [1.165, 1.54) is 32.6 Å². The van der Waals surface area contributed by atoms with Gasteiger partial charge in [0.05, 0.1) is 0 Å². The van der Waals surface area contributed by atoms with E-state index in [9.17, 15) is 4.79 Å². The van der Waals surface area contributed by atoms with E-state index in [1.807, 2.05) is 19.1 Å². The zero-order chi connectivity index (χ0) is 27.5. The monoisotopic (exact) mass is 528 g/mol. The standard InChI is InChI=1S/C35H33N2OP/c1-23-19-25(3)33(31(21-23)37-35(38)30-18-12-13-27(5)36-30)34-26(4)20-24(2)22-32(34)39(28-14-8-6-9-15-28)29-16-10-7-11-17-29/h6-22H,1-5H3,(H,37,38). The van der Waals surface area contributed by atoms with Crippen molar-refractivity contribution < 1.29 is 4.79 Å². The first-order valence-electron chi connectivity index (χ1n) is 13.2. The van der Waals surface area contributed by atoms with Crippen LogP contribution in [0.1, 0.15) is 38.4 Å². The predicted octanol–water partition coefficient (Wildman–Crippen LogP) is 7.30. The molecule has 1 heterocycles. The molecule has 3 nitrogen and oxygen atoms in total. The lowest BCUT2D eigenvalue weighted by atomic mass is 9.92. The molecule has 1 N–H and O–H groups in total. The van der Waals surface area contributed by atoms with Gasteiger partial charge in [-0.3, -0.25) is 4.79 Å². The van der Waals surface area contributed by atoms with Crippen LogP contribution in [0, 0.1) is 34.6 Å². The number of aryl methyl sites for hydroxylation is 5. The third-order valence-corrected chi connectivity index (χ3v) is 9.29. The lowest BCUT2D eigenvalue weighted by Gasteiger charge is -2.26. The summed E-state index contributed by atoms with van der Waals surface area (Å²) in [6.45, 7) is 10.5. The summed E-state index contributed by atoms with van der Waals surface area (Å²) in [6.07, 6.45) is 0. The number of carbonyl (C=O) groups is 1. The number of amides is 1. The van der Waals surface area contributed by atoms with Crippen molar-refractivity contribution >= 4 is 35.4 Å². The first-order chi connectivity index (χ1) is 18.8. The third kappa shape index (κ3) is 5.70. The highest BCUT2D eigenvalue weighted by atomic mass is 31.1. The summed E-state index contributed by atoms with van der Waals surface area (Å²) < 4.78 is 0. The highest BCUT2D eigenvalue weighted by Crippen LogP contribution is 2.42. The Hall–Kier alpha value is -4.07. The molecule has 0 bridgehead atoms. The Morgan fingerprint density at radius 2 is 1.21 bits per heavy atom. The Morgan fingerprint density at radius 1 is 0.641 bits per heavy atom. The molecule has 0 unspecified atom stereocenters. The zero-order valence-electron chi connectivity index (χ0n) is 23.1. The highest BCUT2D eigenvalue weighted by molar-refractivity contribution is 7.80. The topological polar surface area (TPSA) is 42.0 Å². The molecule has 0 saturated carbocycles. The smallest absolute Gasteiger partial charge is 0.274 e. The fourth-order valence-corrected chi connectivity index (χ4v) is 7.92. The Morgan fingerprint density at radius 3 is 1.79 bits per heavy atom. The molecule has 0 aliphatic rings. The van der Waals surface area contributed by atoms with Crippen LogP contribution >= 0.6 is 7.92 Å². The van der Waals surface area contributed by atoms with Crippen molar-refractivity contribution in [2.24, 2.45) is 0 Å². The van der Waals surface area contributed by atoms with Gasteiger partial charge in [0.2, 0.25) is 0 Å². The number of hydrogen-bond donors (Lipinski definition) is 1. The average Bonchev–Trinajstić information content (AvgIpc) is 2.91. The van der Waals surface area contributed by atoms with Gasteiger partial charge in [-0.2, -0.15) is 0 Å². The van der Waals surface area contributed by atoms with E-state index in [-0.39, 0.29) is 5.91 Å². The summed E-state index contributed by atoms with van der Waals surface area (Å²) in [5.41, 5.74) is 8.94. The lowest BCUT2D eigenvalue weighted by molar-refractivity contribution is 0.102. The maximum absolute atomic E-state index is 13.4. The maximum Gasteiger partial charge on any atom is 0.274 e. The van der Waals surface area contributed by atoms with Crippen LogP contribution in [0.3, 0.4) is 0 Å². The second-order valence-corrected chi connectivity index (χ2v) is 12.3. The summed E-state index contributed by atoms with van der Waals surface area (Å²) in [4.78, 5) is 17.9.